The van der Waals surface area contributed by atoms with Gasteiger partial charge in [0.1, 0.15) is 0 Å². The van der Waals surface area contributed by atoms with E-state index in [2.05, 4.69) is 6.58 Å². The number of hydrogen-bond donors (Lipinski definition) is 0. The number of methoxy groups -OCH3 is 1. The molecule has 0 saturated heterocycles. The highest BCUT2D eigenvalue weighted by Gasteiger charge is 2.47. The lowest BCUT2D eigenvalue weighted by atomic mass is 9.98. The Morgan fingerprint density at radius 3 is 1.89 bits per heavy atom. The molecule has 0 bridgehead atoms. The summed E-state index contributed by atoms with van der Waals surface area (Å²) in [6.07, 6.45) is 0.521. The quantitative estimate of drug-likeness (QED) is 0.101. The topological polar surface area (TPSA) is 26.3 Å². The third kappa shape index (κ3) is 4.77. The monoisotopic (exact) mass is 502 g/mol. The third-order valence-electron chi connectivity index (χ3n) is 6.17. The minimum absolute atomic E-state index is 0.00156. The van der Waals surface area contributed by atoms with E-state index in [9.17, 15) is 4.79 Å². The summed E-state index contributed by atoms with van der Waals surface area (Å²) in [5.74, 6) is -3.83. The van der Waals surface area contributed by atoms with Gasteiger partial charge in [0.15, 0.2) is 0 Å². The summed E-state index contributed by atoms with van der Waals surface area (Å²) < 4.78 is 53.4. The van der Waals surface area contributed by atoms with Crippen molar-refractivity contribution in [3.63, 3.8) is 0 Å². The number of ether oxygens (including phenoxy) is 1. The summed E-state index contributed by atoms with van der Waals surface area (Å²) in [6.45, 7) is 3.49. The SMILES string of the molecule is C=CCC(F)(F)c1cc(-c2ccc(C(=O)OC)cc2)ccc1[Si](F)(c1ccccc1)c1ccccc1. The second kappa shape index (κ2) is 10.4. The Morgan fingerprint density at radius 2 is 1.39 bits per heavy atom. The van der Waals surface area contributed by atoms with Crippen LogP contribution in [0, 0.1) is 0 Å². The Bertz CT molecular complexity index is 1310. The first-order valence-electron chi connectivity index (χ1n) is 11.4. The van der Waals surface area contributed by atoms with Crippen LogP contribution in [-0.4, -0.2) is 21.5 Å². The molecule has 0 fully saturated rings. The van der Waals surface area contributed by atoms with Gasteiger partial charge in [0.25, 0.3) is 5.92 Å². The molecule has 4 rings (SSSR count). The van der Waals surface area contributed by atoms with E-state index < -0.39 is 26.7 Å². The van der Waals surface area contributed by atoms with Crippen LogP contribution in [0.15, 0.2) is 116 Å². The Balaban J connectivity index is 1.95. The maximum Gasteiger partial charge on any atom is 0.339 e. The third-order valence-corrected chi connectivity index (χ3v) is 9.60. The van der Waals surface area contributed by atoms with E-state index >= 15 is 12.9 Å². The average molecular weight is 503 g/mol. The van der Waals surface area contributed by atoms with Crippen molar-refractivity contribution in [1.29, 1.82) is 0 Å². The van der Waals surface area contributed by atoms with Crippen LogP contribution in [0.4, 0.5) is 12.9 Å². The lowest BCUT2D eigenvalue weighted by Gasteiger charge is -2.29. The zero-order chi connectivity index (χ0) is 25.8. The number of esters is 1. The molecule has 0 aromatic heterocycles. The first kappa shape index (κ1) is 25.2. The molecule has 0 spiro atoms. The van der Waals surface area contributed by atoms with Crippen molar-refractivity contribution >= 4 is 29.9 Å². The molecule has 2 nitrogen and oxygen atoms in total. The van der Waals surface area contributed by atoms with Crippen molar-refractivity contribution < 1.29 is 22.4 Å². The van der Waals surface area contributed by atoms with Crippen LogP contribution < -0.4 is 15.6 Å². The van der Waals surface area contributed by atoms with E-state index in [1.54, 1.807) is 91.0 Å². The van der Waals surface area contributed by atoms with Gasteiger partial charge in [-0.05, 0) is 44.9 Å². The Morgan fingerprint density at radius 1 is 0.861 bits per heavy atom. The van der Waals surface area contributed by atoms with Gasteiger partial charge < -0.3 is 4.74 Å². The molecule has 0 N–H and O–H groups in total. The van der Waals surface area contributed by atoms with E-state index in [1.165, 1.54) is 19.2 Å². The normalized spacial score (nSPS) is 11.7. The van der Waals surface area contributed by atoms with Crippen molar-refractivity contribution in [3.05, 3.63) is 127 Å². The molecule has 4 aromatic rings. The fourth-order valence-electron chi connectivity index (χ4n) is 4.35. The molecule has 0 radical (unpaired) electrons. The fourth-order valence-corrected chi connectivity index (χ4v) is 7.55. The molecule has 4 aromatic carbocycles. The lowest BCUT2D eigenvalue weighted by molar-refractivity contribution is 0.000143. The summed E-state index contributed by atoms with van der Waals surface area (Å²) in [6, 6.07) is 28.0. The highest BCUT2D eigenvalue weighted by Crippen LogP contribution is 2.35. The van der Waals surface area contributed by atoms with E-state index in [0.717, 1.165) is 6.08 Å². The van der Waals surface area contributed by atoms with Gasteiger partial charge in [-0.25, -0.2) is 13.6 Å². The predicted octanol–water partition coefficient (Wildman–Crippen LogP) is 5.74. The van der Waals surface area contributed by atoms with Gasteiger partial charge in [-0.1, -0.05) is 91.0 Å². The Labute approximate surface area is 209 Å². The molecule has 6 heteroatoms. The summed E-state index contributed by atoms with van der Waals surface area (Å²) in [4.78, 5) is 11.8. The van der Waals surface area contributed by atoms with E-state index in [4.69, 9.17) is 4.74 Å². The van der Waals surface area contributed by atoms with Gasteiger partial charge in [-0.2, -0.15) is 0 Å². The summed E-state index contributed by atoms with van der Waals surface area (Å²) in [5, 5.41) is 0.783. The van der Waals surface area contributed by atoms with Crippen LogP contribution in [0.25, 0.3) is 11.1 Å². The smallest absolute Gasteiger partial charge is 0.339 e. The second-order valence-electron chi connectivity index (χ2n) is 8.42. The lowest BCUT2D eigenvalue weighted by Crippen LogP contribution is -2.65. The largest absolute Gasteiger partial charge is 0.465 e. The van der Waals surface area contributed by atoms with Gasteiger partial charge in [-0.15, -0.1) is 6.58 Å². The summed E-state index contributed by atoms with van der Waals surface area (Å²) >= 11 is 0. The van der Waals surface area contributed by atoms with Gasteiger partial charge in [0.05, 0.1) is 12.7 Å². The molecule has 0 heterocycles. The van der Waals surface area contributed by atoms with Gasteiger partial charge in [0, 0.05) is 12.0 Å². The minimum atomic E-state index is -4.29. The van der Waals surface area contributed by atoms with Crippen LogP contribution in [0.2, 0.25) is 0 Å². The molecule has 0 amide bonds. The maximum atomic E-state index is 17.5. The van der Waals surface area contributed by atoms with E-state index in [-0.39, 0.29) is 10.8 Å². The second-order valence-corrected chi connectivity index (χ2v) is 11.4. The van der Waals surface area contributed by atoms with Crippen molar-refractivity contribution in [2.75, 3.05) is 7.11 Å². The van der Waals surface area contributed by atoms with Gasteiger partial charge >= 0.3 is 14.4 Å². The number of halogens is 3. The first-order valence-corrected chi connectivity index (χ1v) is 13.3. The van der Waals surface area contributed by atoms with Crippen LogP contribution in [0.3, 0.4) is 0 Å². The van der Waals surface area contributed by atoms with Crippen molar-refractivity contribution in [1.82, 2.24) is 0 Å². The molecule has 0 unspecified atom stereocenters. The first-order chi connectivity index (χ1) is 17.3. The molecular formula is C30H25F3O2Si. The predicted molar refractivity (Wildman–Crippen MR) is 141 cm³/mol. The zero-order valence-electron chi connectivity index (χ0n) is 19.8. The highest BCUT2D eigenvalue weighted by molar-refractivity contribution is 7.06. The number of allylic oxidation sites excluding steroid dienone is 1. The summed E-state index contributed by atoms with van der Waals surface area (Å²) in [5.41, 5.74) is 1.10. The molecule has 0 aliphatic carbocycles. The van der Waals surface area contributed by atoms with Crippen molar-refractivity contribution in [2.24, 2.45) is 0 Å². The van der Waals surface area contributed by atoms with Gasteiger partial charge in [-0.3, -0.25) is 4.11 Å². The maximum absolute atomic E-state index is 17.5. The van der Waals surface area contributed by atoms with Crippen molar-refractivity contribution in [2.45, 2.75) is 12.3 Å². The molecule has 0 aliphatic heterocycles. The Kier molecular flexibility index (Phi) is 7.26. The van der Waals surface area contributed by atoms with Crippen LogP contribution >= 0.6 is 0 Å². The van der Waals surface area contributed by atoms with E-state index in [0.29, 0.717) is 27.1 Å². The van der Waals surface area contributed by atoms with Crippen LogP contribution in [-0.2, 0) is 10.7 Å². The number of benzene rings is 4. The highest BCUT2D eigenvalue weighted by atomic mass is 28.4. The molecule has 0 aliphatic rings. The fraction of sp³-hybridized carbons (Fsp3) is 0.100. The number of alkyl halides is 2. The molecule has 0 saturated carbocycles. The standard InChI is InChI=1S/C30H25F3O2Si/c1-3-20-30(31,32)27-21-24(22-14-16-23(17-15-22)29(34)35-2)18-19-28(27)36(33,25-10-6-4-7-11-25)26-12-8-5-9-13-26/h3-19,21H,1,20H2,2H3. The molecular weight excluding hydrogens is 477 g/mol. The zero-order valence-corrected chi connectivity index (χ0v) is 20.8. The molecule has 0 atom stereocenters. The van der Waals surface area contributed by atoms with Crippen LogP contribution in [0.1, 0.15) is 22.3 Å². The Hall–Kier alpha value is -3.90. The number of carbonyl (C=O) groups is 1. The minimum Gasteiger partial charge on any atom is -0.465 e. The van der Waals surface area contributed by atoms with Gasteiger partial charge in [0.2, 0.25) is 0 Å². The number of carbonyl (C=O) groups excluding carboxylic acids is 1. The number of rotatable bonds is 8. The van der Waals surface area contributed by atoms with Crippen LogP contribution in [0.5, 0.6) is 0 Å². The van der Waals surface area contributed by atoms with E-state index in [1.807, 2.05) is 0 Å². The molecule has 182 valence electrons. The van der Waals surface area contributed by atoms with Crippen molar-refractivity contribution in [3.8, 4) is 11.1 Å². The molecule has 36 heavy (non-hydrogen) atoms. The average Bonchev–Trinajstić information content (AvgIpc) is 2.93. The number of hydrogen-bond acceptors (Lipinski definition) is 2. The summed E-state index contributed by atoms with van der Waals surface area (Å²) in [7, 11) is -3.00.